The molecule has 2 aromatic rings. The van der Waals surface area contributed by atoms with Crippen LogP contribution in [0.4, 0.5) is 10.5 Å². The first-order chi connectivity index (χ1) is 15.7. The summed E-state index contributed by atoms with van der Waals surface area (Å²) in [5.41, 5.74) is 0.328. The van der Waals surface area contributed by atoms with Crippen LogP contribution in [0.1, 0.15) is 15.9 Å². The minimum Gasteiger partial charge on any atom is -0.497 e. The Balaban J connectivity index is 1.65. The van der Waals surface area contributed by atoms with Crippen LogP contribution in [0, 0.1) is 10.1 Å². The molecule has 2 aromatic carbocycles. The number of thioether (sulfide) groups is 1. The minimum absolute atomic E-state index is 0.0196. The van der Waals surface area contributed by atoms with Gasteiger partial charge in [-0.25, -0.2) is 0 Å². The van der Waals surface area contributed by atoms with Gasteiger partial charge < -0.3 is 14.8 Å². The first-order valence-electron chi connectivity index (χ1n) is 9.44. The Morgan fingerprint density at radius 3 is 2.64 bits per heavy atom. The van der Waals surface area contributed by atoms with Gasteiger partial charge in [-0.3, -0.25) is 29.4 Å². The average Bonchev–Trinajstić information content (AvgIpc) is 3.06. The molecule has 1 heterocycles. The van der Waals surface area contributed by atoms with Crippen LogP contribution >= 0.6 is 23.4 Å². The van der Waals surface area contributed by atoms with E-state index in [1.165, 1.54) is 38.5 Å². The van der Waals surface area contributed by atoms with Crippen LogP contribution in [0.5, 0.6) is 11.5 Å². The molecular formula is C21H18ClN3O7S. The Bertz CT molecular complexity index is 1170. The van der Waals surface area contributed by atoms with Gasteiger partial charge in [0.25, 0.3) is 22.7 Å². The van der Waals surface area contributed by atoms with Crippen molar-refractivity contribution < 1.29 is 28.8 Å². The fraction of sp³-hybridized carbons (Fsp3) is 0.190. The summed E-state index contributed by atoms with van der Waals surface area (Å²) in [6.45, 7) is -0.0290. The van der Waals surface area contributed by atoms with E-state index >= 15 is 0 Å². The molecule has 12 heteroatoms. The fourth-order valence-electron chi connectivity index (χ4n) is 2.97. The molecule has 1 N–H and O–H groups in total. The number of nitrogens with one attached hydrogen (secondary N) is 1. The molecular weight excluding hydrogens is 474 g/mol. The molecule has 0 unspecified atom stereocenters. The number of amides is 3. The maximum absolute atomic E-state index is 12.6. The highest BCUT2D eigenvalue weighted by Gasteiger charge is 2.34. The van der Waals surface area contributed by atoms with Gasteiger partial charge in [-0.05, 0) is 41.6 Å². The molecule has 0 aliphatic carbocycles. The van der Waals surface area contributed by atoms with E-state index in [9.17, 15) is 24.5 Å². The van der Waals surface area contributed by atoms with E-state index in [0.717, 1.165) is 4.90 Å². The summed E-state index contributed by atoms with van der Waals surface area (Å²) in [5, 5.41) is 13.1. The number of halogens is 1. The molecule has 3 amide bonds. The molecule has 0 spiro atoms. The number of carbonyl (C=O) groups excluding carboxylic acids is 3. The summed E-state index contributed by atoms with van der Waals surface area (Å²) >= 11 is 6.51. The van der Waals surface area contributed by atoms with E-state index in [4.69, 9.17) is 21.1 Å². The molecule has 33 heavy (non-hydrogen) atoms. The summed E-state index contributed by atoms with van der Waals surface area (Å²) < 4.78 is 10.3. The lowest BCUT2D eigenvalue weighted by Crippen LogP contribution is -2.37. The number of nitro benzene ring substituents is 1. The van der Waals surface area contributed by atoms with Crippen molar-refractivity contribution >= 4 is 52.2 Å². The molecule has 1 aliphatic rings. The van der Waals surface area contributed by atoms with E-state index in [2.05, 4.69) is 5.32 Å². The Labute approximate surface area is 197 Å². The van der Waals surface area contributed by atoms with Crippen molar-refractivity contribution in [2.75, 3.05) is 27.3 Å². The summed E-state index contributed by atoms with van der Waals surface area (Å²) in [6.07, 6.45) is 1.38. The Hall–Kier alpha value is -3.57. The number of nitrogens with zero attached hydrogens (tertiary/aromatic N) is 2. The number of hydrogen-bond acceptors (Lipinski definition) is 8. The average molecular weight is 492 g/mol. The van der Waals surface area contributed by atoms with Crippen molar-refractivity contribution in [2.45, 2.75) is 0 Å². The van der Waals surface area contributed by atoms with Gasteiger partial charge in [0.1, 0.15) is 16.5 Å². The molecule has 1 fully saturated rings. The van der Waals surface area contributed by atoms with Crippen LogP contribution < -0.4 is 14.8 Å². The minimum atomic E-state index is -0.633. The molecule has 3 rings (SSSR count). The number of imide groups is 1. The van der Waals surface area contributed by atoms with Gasteiger partial charge in [0.05, 0.1) is 29.6 Å². The topological polar surface area (TPSA) is 128 Å². The molecule has 0 aromatic heterocycles. The standard InChI is InChI=1S/C21H18ClN3O7S/c1-31-13-4-5-14(17(11-13)32-2)19(26)23-7-8-24-20(27)18(33-21(24)28)10-12-3-6-15(22)16(9-12)25(29)30/h3-6,9-11H,7-8H2,1-2H3,(H,23,26)/b18-10+. The second-order valence-electron chi connectivity index (χ2n) is 6.62. The number of hydrogen-bond donors (Lipinski definition) is 1. The van der Waals surface area contributed by atoms with Crippen LogP contribution in [-0.2, 0) is 4.79 Å². The Morgan fingerprint density at radius 1 is 1.21 bits per heavy atom. The SMILES string of the molecule is COc1ccc(C(=O)NCCN2C(=O)S/C(=C/c3ccc(Cl)c([N+](=O)[O-])c3)C2=O)c(OC)c1. The predicted molar refractivity (Wildman–Crippen MR) is 123 cm³/mol. The lowest BCUT2D eigenvalue weighted by atomic mass is 10.1. The van der Waals surface area contributed by atoms with Gasteiger partial charge >= 0.3 is 0 Å². The molecule has 172 valence electrons. The smallest absolute Gasteiger partial charge is 0.293 e. The molecule has 0 atom stereocenters. The second-order valence-corrected chi connectivity index (χ2v) is 8.02. The molecule has 0 saturated carbocycles. The van der Waals surface area contributed by atoms with Crippen molar-refractivity contribution in [3.8, 4) is 11.5 Å². The van der Waals surface area contributed by atoms with Crippen LogP contribution in [-0.4, -0.2) is 54.2 Å². The largest absolute Gasteiger partial charge is 0.497 e. The Morgan fingerprint density at radius 2 is 1.97 bits per heavy atom. The quantitative estimate of drug-likeness (QED) is 0.336. The molecule has 10 nitrogen and oxygen atoms in total. The lowest BCUT2D eigenvalue weighted by molar-refractivity contribution is -0.384. The highest BCUT2D eigenvalue weighted by Crippen LogP contribution is 2.33. The summed E-state index contributed by atoms with van der Waals surface area (Å²) in [4.78, 5) is 48.9. The Kier molecular flexibility index (Phi) is 7.56. The number of nitro groups is 1. The van der Waals surface area contributed by atoms with Gasteiger partial charge in [0.15, 0.2) is 0 Å². The summed E-state index contributed by atoms with van der Waals surface area (Å²) in [6, 6.07) is 8.79. The van der Waals surface area contributed by atoms with Crippen molar-refractivity contribution in [3.63, 3.8) is 0 Å². The first kappa shape index (κ1) is 24.1. The zero-order chi connectivity index (χ0) is 24.1. The van der Waals surface area contributed by atoms with E-state index in [-0.39, 0.29) is 34.3 Å². The first-order valence-corrected chi connectivity index (χ1v) is 10.6. The van der Waals surface area contributed by atoms with Crippen LogP contribution in [0.3, 0.4) is 0 Å². The number of benzene rings is 2. The number of rotatable bonds is 8. The van der Waals surface area contributed by atoms with Gasteiger partial charge in [-0.1, -0.05) is 17.7 Å². The number of ether oxygens (including phenoxy) is 2. The van der Waals surface area contributed by atoms with Crippen molar-refractivity contribution in [3.05, 3.63) is 67.6 Å². The van der Waals surface area contributed by atoms with Crippen LogP contribution in [0.25, 0.3) is 6.08 Å². The fourth-order valence-corrected chi connectivity index (χ4v) is 4.02. The van der Waals surface area contributed by atoms with Gasteiger partial charge in [0, 0.05) is 25.2 Å². The maximum Gasteiger partial charge on any atom is 0.293 e. The van der Waals surface area contributed by atoms with Crippen molar-refractivity contribution in [1.29, 1.82) is 0 Å². The third-order valence-electron chi connectivity index (χ3n) is 4.61. The molecule has 1 aliphatic heterocycles. The summed E-state index contributed by atoms with van der Waals surface area (Å²) in [5.74, 6) is -0.151. The second kappa shape index (κ2) is 10.4. The number of methoxy groups -OCH3 is 2. The zero-order valence-electron chi connectivity index (χ0n) is 17.5. The highest BCUT2D eigenvalue weighted by molar-refractivity contribution is 8.18. The summed E-state index contributed by atoms with van der Waals surface area (Å²) in [7, 11) is 2.92. The monoisotopic (exact) mass is 491 g/mol. The predicted octanol–water partition coefficient (Wildman–Crippen LogP) is 3.73. The number of carbonyl (C=O) groups is 3. The van der Waals surface area contributed by atoms with Crippen LogP contribution in [0.15, 0.2) is 41.3 Å². The van der Waals surface area contributed by atoms with Gasteiger partial charge in [-0.15, -0.1) is 0 Å². The van der Waals surface area contributed by atoms with Crippen molar-refractivity contribution in [2.24, 2.45) is 0 Å². The maximum atomic E-state index is 12.6. The molecule has 0 radical (unpaired) electrons. The lowest BCUT2D eigenvalue weighted by Gasteiger charge is -2.14. The molecule has 0 bridgehead atoms. The van der Waals surface area contributed by atoms with E-state index < -0.39 is 22.0 Å². The third-order valence-corrected chi connectivity index (χ3v) is 5.84. The highest BCUT2D eigenvalue weighted by atomic mass is 35.5. The van der Waals surface area contributed by atoms with E-state index in [0.29, 0.717) is 28.8 Å². The molecule has 1 saturated heterocycles. The van der Waals surface area contributed by atoms with Crippen molar-refractivity contribution in [1.82, 2.24) is 10.2 Å². The van der Waals surface area contributed by atoms with E-state index in [1.807, 2.05) is 0 Å². The van der Waals surface area contributed by atoms with Gasteiger partial charge in [0.2, 0.25) is 0 Å². The van der Waals surface area contributed by atoms with E-state index in [1.54, 1.807) is 18.2 Å². The third kappa shape index (κ3) is 5.44. The van der Waals surface area contributed by atoms with Crippen LogP contribution in [0.2, 0.25) is 5.02 Å². The van der Waals surface area contributed by atoms with Gasteiger partial charge in [-0.2, -0.15) is 0 Å². The normalized spacial score (nSPS) is 14.5. The zero-order valence-corrected chi connectivity index (χ0v) is 19.1.